The number of alkyl halides is 3. The van der Waals surface area contributed by atoms with Gasteiger partial charge in [-0.3, -0.25) is 9.59 Å². The Balaban J connectivity index is 4.85. The number of carbonyl (C=O) groups is 2. The van der Waals surface area contributed by atoms with Crippen LogP contribution < -0.4 is 0 Å². The number of carboxylic acid groups (broad SMARTS) is 2. The highest BCUT2D eigenvalue weighted by Gasteiger charge is 2.56. The lowest BCUT2D eigenvalue weighted by atomic mass is 9.95. The molecule has 0 spiro atoms. The molecule has 0 aromatic carbocycles. The van der Waals surface area contributed by atoms with Crippen LogP contribution in [0.5, 0.6) is 0 Å². The summed E-state index contributed by atoms with van der Waals surface area (Å²) in [6.07, 6.45) is -8.67. The fraction of sp³-hybridized carbons (Fsp3) is 0.667. The second kappa shape index (κ2) is 3.82. The fourth-order valence-electron chi connectivity index (χ4n) is 0.763. The van der Waals surface area contributed by atoms with Gasteiger partial charge in [0.05, 0.1) is 12.8 Å². The van der Waals surface area contributed by atoms with Crippen molar-refractivity contribution >= 4 is 11.9 Å². The van der Waals surface area contributed by atoms with E-state index in [1.165, 1.54) is 0 Å². The SMILES string of the molecule is O=C(O)CC(O)(CC(=O)O)C(F)(F)F. The molecule has 8 heteroatoms. The van der Waals surface area contributed by atoms with Crippen molar-refractivity contribution in [2.45, 2.75) is 24.6 Å². The number of hydrogen-bond donors (Lipinski definition) is 3. The first-order valence-electron chi connectivity index (χ1n) is 3.31. The second-order valence-electron chi connectivity index (χ2n) is 2.67. The number of hydrogen-bond acceptors (Lipinski definition) is 3. The van der Waals surface area contributed by atoms with E-state index in [9.17, 15) is 22.8 Å². The first-order chi connectivity index (χ1) is 6.08. The van der Waals surface area contributed by atoms with Crippen LogP contribution in [-0.4, -0.2) is 39.0 Å². The minimum absolute atomic E-state index is 1.69. The predicted octanol–water partition coefficient (Wildman–Crippen LogP) is 0.229. The van der Waals surface area contributed by atoms with E-state index in [0.29, 0.717) is 0 Å². The lowest BCUT2D eigenvalue weighted by Gasteiger charge is -2.27. The molecular formula is C6H7F3O5. The maximum Gasteiger partial charge on any atom is 0.418 e. The summed E-state index contributed by atoms with van der Waals surface area (Å²) in [6, 6.07) is 0. The van der Waals surface area contributed by atoms with E-state index in [-0.39, 0.29) is 0 Å². The highest BCUT2D eigenvalue weighted by molar-refractivity contribution is 5.72. The van der Waals surface area contributed by atoms with Gasteiger partial charge >= 0.3 is 18.1 Å². The quantitative estimate of drug-likeness (QED) is 0.625. The van der Waals surface area contributed by atoms with Crippen LogP contribution in [0.15, 0.2) is 0 Å². The van der Waals surface area contributed by atoms with Gasteiger partial charge in [0.15, 0.2) is 5.60 Å². The average Bonchev–Trinajstić information content (AvgIpc) is 1.78. The molecule has 0 rings (SSSR count). The molecule has 0 fully saturated rings. The Labute approximate surface area is 75.8 Å². The lowest BCUT2D eigenvalue weighted by Crippen LogP contribution is -2.48. The van der Waals surface area contributed by atoms with Gasteiger partial charge in [-0.05, 0) is 0 Å². The van der Waals surface area contributed by atoms with E-state index in [1.54, 1.807) is 0 Å². The van der Waals surface area contributed by atoms with Crippen LogP contribution >= 0.6 is 0 Å². The van der Waals surface area contributed by atoms with Crippen molar-refractivity contribution in [3.8, 4) is 0 Å². The van der Waals surface area contributed by atoms with E-state index in [4.69, 9.17) is 15.3 Å². The van der Waals surface area contributed by atoms with Crippen LogP contribution in [0.1, 0.15) is 12.8 Å². The summed E-state index contributed by atoms with van der Waals surface area (Å²) in [5.74, 6) is -3.85. The Morgan fingerprint density at radius 3 is 1.43 bits per heavy atom. The van der Waals surface area contributed by atoms with Gasteiger partial charge in [0.25, 0.3) is 0 Å². The molecule has 14 heavy (non-hydrogen) atoms. The standard InChI is InChI=1S/C6H7F3O5/c7-6(8,9)5(14,1-3(10)11)2-4(12)13/h14H,1-2H2,(H,10,11)(H,12,13). The van der Waals surface area contributed by atoms with Crippen LogP contribution in [-0.2, 0) is 9.59 Å². The average molecular weight is 216 g/mol. The van der Waals surface area contributed by atoms with E-state index >= 15 is 0 Å². The highest BCUT2D eigenvalue weighted by atomic mass is 19.4. The van der Waals surface area contributed by atoms with Gasteiger partial charge in [-0.2, -0.15) is 13.2 Å². The maximum absolute atomic E-state index is 12.0. The summed E-state index contributed by atoms with van der Waals surface area (Å²) in [6.45, 7) is 0. The molecule has 0 aliphatic carbocycles. The third-order valence-electron chi connectivity index (χ3n) is 1.42. The van der Waals surface area contributed by atoms with Crippen molar-refractivity contribution in [2.75, 3.05) is 0 Å². The van der Waals surface area contributed by atoms with Crippen LogP contribution in [0.2, 0.25) is 0 Å². The van der Waals surface area contributed by atoms with Crippen molar-refractivity contribution in [1.29, 1.82) is 0 Å². The Morgan fingerprint density at radius 1 is 1.00 bits per heavy atom. The molecule has 0 unspecified atom stereocenters. The molecule has 0 aromatic heterocycles. The monoisotopic (exact) mass is 216 g/mol. The third kappa shape index (κ3) is 3.21. The number of aliphatic carboxylic acids is 2. The topological polar surface area (TPSA) is 94.8 Å². The van der Waals surface area contributed by atoms with Gasteiger partial charge in [0.1, 0.15) is 0 Å². The van der Waals surface area contributed by atoms with E-state index in [2.05, 4.69) is 0 Å². The van der Waals surface area contributed by atoms with Gasteiger partial charge in [0.2, 0.25) is 0 Å². The van der Waals surface area contributed by atoms with Crippen LogP contribution in [0.25, 0.3) is 0 Å². The van der Waals surface area contributed by atoms with Crippen molar-refractivity contribution < 1.29 is 38.1 Å². The summed E-state index contributed by atoms with van der Waals surface area (Å²) in [7, 11) is 0. The smallest absolute Gasteiger partial charge is 0.418 e. The molecule has 0 amide bonds. The number of halogens is 3. The molecule has 0 saturated heterocycles. The van der Waals surface area contributed by atoms with E-state index in [0.717, 1.165) is 0 Å². The molecule has 0 heterocycles. The zero-order chi connectivity index (χ0) is 11.6. The Hall–Kier alpha value is -1.31. The van der Waals surface area contributed by atoms with Crippen LogP contribution in [0.3, 0.4) is 0 Å². The number of rotatable bonds is 4. The third-order valence-corrected chi connectivity index (χ3v) is 1.42. The van der Waals surface area contributed by atoms with Crippen molar-refractivity contribution in [3.05, 3.63) is 0 Å². The summed E-state index contributed by atoms with van der Waals surface area (Å²) in [4.78, 5) is 20.0. The molecule has 0 aliphatic rings. The van der Waals surface area contributed by atoms with Gasteiger partial charge in [-0.25, -0.2) is 0 Å². The van der Waals surface area contributed by atoms with Gasteiger partial charge in [-0.1, -0.05) is 0 Å². The summed E-state index contributed by atoms with van der Waals surface area (Å²) in [5, 5.41) is 24.9. The molecule has 0 aromatic rings. The normalized spacial score (nSPS) is 12.6. The zero-order valence-electron chi connectivity index (χ0n) is 6.71. The maximum atomic E-state index is 12.0. The fourth-order valence-corrected chi connectivity index (χ4v) is 0.763. The van der Waals surface area contributed by atoms with Crippen molar-refractivity contribution in [3.63, 3.8) is 0 Å². The Bertz CT molecular complexity index is 230. The zero-order valence-corrected chi connectivity index (χ0v) is 6.71. The summed E-state index contributed by atoms with van der Waals surface area (Å²) >= 11 is 0. The first kappa shape index (κ1) is 12.7. The molecular weight excluding hydrogens is 209 g/mol. The van der Waals surface area contributed by atoms with Gasteiger partial charge in [0, 0.05) is 0 Å². The van der Waals surface area contributed by atoms with Crippen LogP contribution in [0, 0.1) is 0 Å². The minimum Gasteiger partial charge on any atom is -0.481 e. The van der Waals surface area contributed by atoms with Crippen molar-refractivity contribution in [2.24, 2.45) is 0 Å². The molecule has 5 nitrogen and oxygen atoms in total. The van der Waals surface area contributed by atoms with E-state index < -0.39 is 36.6 Å². The molecule has 0 saturated carbocycles. The molecule has 0 atom stereocenters. The molecule has 0 radical (unpaired) electrons. The summed E-state index contributed by atoms with van der Waals surface area (Å²) < 4.78 is 36.1. The number of carboxylic acids is 2. The van der Waals surface area contributed by atoms with Crippen molar-refractivity contribution in [1.82, 2.24) is 0 Å². The predicted molar refractivity (Wildman–Crippen MR) is 35.5 cm³/mol. The minimum atomic E-state index is -5.29. The Morgan fingerprint density at radius 2 is 1.29 bits per heavy atom. The van der Waals surface area contributed by atoms with Crippen LogP contribution in [0.4, 0.5) is 13.2 Å². The largest absolute Gasteiger partial charge is 0.481 e. The highest BCUT2D eigenvalue weighted by Crippen LogP contribution is 2.35. The summed E-state index contributed by atoms with van der Waals surface area (Å²) in [5.41, 5.74) is -3.72. The van der Waals surface area contributed by atoms with E-state index in [1.807, 2.05) is 0 Å². The molecule has 82 valence electrons. The molecule has 0 bridgehead atoms. The lowest BCUT2D eigenvalue weighted by molar-refractivity contribution is -0.264. The first-order valence-corrected chi connectivity index (χ1v) is 3.31. The Kier molecular flexibility index (Phi) is 3.47. The second-order valence-corrected chi connectivity index (χ2v) is 2.67. The molecule has 3 N–H and O–H groups in total. The molecule has 0 aliphatic heterocycles. The number of aliphatic hydroxyl groups is 1. The van der Waals surface area contributed by atoms with Gasteiger partial charge < -0.3 is 15.3 Å². The van der Waals surface area contributed by atoms with Gasteiger partial charge in [-0.15, -0.1) is 0 Å².